The fourth-order valence-electron chi connectivity index (χ4n) is 4.18. The van der Waals surface area contributed by atoms with E-state index in [1.165, 1.54) is 4.88 Å². The van der Waals surface area contributed by atoms with Crippen LogP contribution in [0.5, 0.6) is 5.75 Å². The molecule has 0 bridgehead atoms. The molecule has 8 heteroatoms. The summed E-state index contributed by atoms with van der Waals surface area (Å²) in [6.07, 6.45) is 2.43. The summed E-state index contributed by atoms with van der Waals surface area (Å²) >= 11 is 1.71. The van der Waals surface area contributed by atoms with Gasteiger partial charge in [0.05, 0.1) is 12.3 Å². The highest BCUT2D eigenvalue weighted by Crippen LogP contribution is 2.34. The molecule has 31 heavy (non-hydrogen) atoms. The van der Waals surface area contributed by atoms with Gasteiger partial charge in [0.2, 0.25) is 11.8 Å². The number of aromatic nitrogens is 1. The summed E-state index contributed by atoms with van der Waals surface area (Å²) < 4.78 is 5.54. The van der Waals surface area contributed by atoms with E-state index in [1.54, 1.807) is 18.3 Å². The van der Waals surface area contributed by atoms with Gasteiger partial charge in [0, 0.05) is 50.4 Å². The van der Waals surface area contributed by atoms with Crippen LogP contribution < -0.4 is 15.0 Å². The number of rotatable bonds is 6. The Labute approximate surface area is 187 Å². The smallest absolute Gasteiger partial charge is 0.223 e. The van der Waals surface area contributed by atoms with Crippen LogP contribution in [0.1, 0.15) is 36.4 Å². The lowest BCUT2D eigenvalue weighted by Crippen LogP contribution is -2.48. The van der Waals surface area contributed by atoms with Crippen LogP contribution in [-0.2, 0) is 29.0 Å². The average Bonchev–Trinajstić information content (AvgIpc) is 3.21. The molecule has 1 aliphatic carbocycles. The standard InChI is InChI=1S/C23H30N4O3S/c1-3-30-19-6-4-5-17(13-19)15-24-22(29)18-7-8-20-21(14-18)31-23(25-20)27-11-9-26(10-12-27)16(2)28/h4-6,13,18H,3,7-12,14-15H2,1-2H3,(H,24,29). The third-order valence-electron chi connectivity index (χ3n) is 5.97. The number of carbonyl (C=O) groups is 2. The second-order valence-corrected chi connectivity index (χ2v) is 9.16. The maximum Gasteiger partial charge on any atom is 0.223 e. The summed E-state index contributed by atoms with van der Waals surface area (Å²) in [5.74, 6) is 1.07. The molecule has 1 N–H and O–H groups in total. The molecule has 1 aliphatic heterocycles. The minimum atomic E-state index is -0.00886. The van der Waals surface area contributed by atoms with Crippen molar-refractivity contribution in [1.29, 1.82) is 0 Å². The molecule has 1 aromatic carbocycles. The van der Waals surface area contributed by atoms with E-state index in [1.807, 2.05) is 36.1 Å². The molecule has 0 spiro atoms. The predicted octanol–water partition coefficient (Wildman–Crippen LogP) is 2.63. The fraction of sp³-hybridized carbons (Fsp3) is 0.522. The van der Waals surface area contributed by atoms with Crippen molar-refractivity contribution in [3.05, 3.63) is 40.4 Å². The highest BCUT2D eigenvalue weighted by atomic mass is 32.1. The van der Waals surface area contributed by atoms with Crippen molar-refractivity contribution in [2.45, 2.75) is 39.7 Å². The summed E-state index contributed by atoms with van der Waals surface area (Å²) in [6, 6.07) is 7.86. The quantitative estimate of drug-likeness (QED) is 0.744. The Balaban J connectivity index is 1.32. The summed E-state index contributed by atoms with van der Waals surface area (Å²) in [5.41, 5.74) is 2.18. The third kappa shape index (κ3) is 5.18. The first-order chi connectivity index (χ1) is 15.0. The number of ether oxygens (including phenoxy) is 1. The molecular formula is C23H30N4O3S. The lowest BCUT2D eigenvalue weighted by Gasteiger charge is -2.33. The topological polar surface area (TPSA) is 74.8 Å². The molecule has 1 atom stereocenters. The molecule has 1 fully saturated rings. The lowest BCUT2D eigenvalue weighted by atomic mass is 9.90. The zero-order valence-corrected chi connectivity index (χ0v) is 19.0. The van der Waals surface area contributed by atoms with E-state index in [9.17, 15) is 9.59 Å². The van der Waals surface area contributed by atoms with Crippen molar-refractivity contribution >= 4 is 28.3 Å². The van der Waals surface area contributed by atoms with E-state index in [0.29, 0.717) is 13.2 Å². The van der Waals surface area contributed by atoms with Gasteiger partial charge < -0.3 is 19.9 Å². The number of hydrogen-bond donors (Lipinski definition) is 1. The Morgan fingerprint density at radius 1 is 1.26 bits per heavy atom. The second-order valence-electron chi connectivity index (χ2n) is 8.10. The van der Waals surface area contributed by atoms with E-state index in [4.69, 9.17) is 9.72 Å². The van der Waals surface area contributed by atoms with Gasteiger partial charge in [-0.25, -0.2) is 4.98 Å². The first kappa shape index (κ1) is 21.6. The number of carbonyl (C=O) groups excluding carboxylic acids is 2. The van der Waals surface area contributed by atoms with Gasteiger partial charge in [0.25, 0.3) is 0 Å². The van der Waals surface area contributed by atoms with Gasteiger partial charge in [-0.05, 0) is 43.9 Å². The average molecular weight is 443 g/mol. The number of thiazole rings is 1. The SMILES string of the molecule is CCOc1cccc(CNC(=O)C2CCc3nc(N4CCN(C(C)=O)CC4)sc3C2)c1. The van der Waals surface area contributed by atoms with Gasteiger partial charge >= 0.3 is 0 Å². The van der Waals surface area contributed by atoms with Gasteiger partial charge in [-0.1, -0.05) is 12.1 Å². The van der Waals surface area contributed by atoms with E-state index < -0.39 is 0 Å². The number of hydrogen-bond acceptors (Lipinski definition) is 6. The molecular weight excluding hydrogens is 412 g/mol. The van der Waals surface area contributed by atoms with Crippen LogP contribution in [0, 0.1) is 5.92 Å². The first-order valence-electron chi connectivity index (χ1n) is 11.0. The maximum atomic E-state index is 12.8. The third-order valence-corrected chi connectivity index (χ3v) is 7.15. The van der Waals surface area contributed by atoms with Crippen molar-refractivity contribution in [3.63, 3.8) is 0 Å². The van der Waals surface area contributed by atoms with Crippen molar-refractivity contribution in [1.82, 2.24) is 15.2 Å². The molecule has 0 radical (unpaired) electrons. The van der Waals surface area contributed by atoms with Gasteiger partial charge in [-0.15, -0.1) is 11.3 Å². The van der Waals surface area contributed by atoms with E-state index in [-0.39, 0.29) is 17.7 Å². The molecule has 1 saturated heterocycles. The van der Waals surface area contributed by atoms with Crippen LogP contribution in [0.2, 0.25) is 0 Å². The van der Waals surface area contributed by atoms with E-state index in [0.717, 1.165) is 67.6 Å². The fourth-order valence-corrected chi connectivity index (χ4v) is 5.42. The molecule has 2 aliphatic rings. The number of anilines is 1. The van der Waals surface area contributed by atoms with E-state index >= 15 is 0 Å². The number of amides is 2. The Kier molecular flexibility index (Phi) is 6.75. The molecule has 2 aromatic rings. The normalized spacial score (nSPS) is 18.5. The number of aryl methyl sites for hydroxylation is 1. The zero-order chi connectivity index (χ0) is 21.8. The second kappa shape index (κ2) is 9.68. The summed E-state index contributed by atoms with van der Waals surface area (Å²) in [6.45, 7) is 7.85. The summed E-state index contributed by atoms with van der Waals surface area (Å²) in [5, 5.41) is 4.13. The Hall–Kier alpha value is -2.61. The van der Waals surface area contributed by atoms with Crippen LogP contribution in [-0.4, -0.2) is 54.5 Å². The molecule has 1 aromatic heterocycles. The molecule has 2 amide bonds. The molecule has 4 rings (SSSR count). The van der Waals surface area contributed by atoms with Crippen LogP contribution >= 0.6 is 11.3 Å². The highest BCUT2D eigenvalue weighted by molar-refractivity contribution is 7.15. The van der Waals surface area contributed by atoms with Crippen molar-refractivity contribution < 1.29 is 14.3 Å². The van der Waals surface area contributed by atoms with Crippen molar-refractivity contribution in [2.24, 2.45) is 5.92 Å². The largest absolute Gasteiger partial charge is 0.494 e. The summed E-state index contributed by atoms with van der Waals surface area (Å²) in [4.78, 5) is 34.6. The lowest BCUT2D eigenvalue weighted by molar-refractivity contribution is -0.129. The maximum absolute atomic E-state index is 12.8. The minimum absolute atomic E-state index is 0.00886. The molecule has 166 valence electrons. The van der Waals surface area contributed by atoms with E-state index in [2.05, 4.69) is 10.2 Å². The number of piperazine rings is 1. The van der Waals surface area contributed by atoms with Crippen molar-refractivity contribution in [3.8, 4) is 5.75 Å². The minimum Gasteiger partial charge on any atom is -0.494 e. The van der Waals surface area contributed by atoms with Crippen molar-refractivity contribution in [2.75, 3.05) is 37.7 Å². The van der Waals surface area contributed by atoms with Gasteiger partial charge in [0.1, 0.15) is 5.75 Å². The number of fused-ring (bicyclic) bond motifs is 1. The zero-order valence-electron chi connectivity index (χ0n) is 18.2. The molecule has 2 heterocycles. The van der Waals surface area contributed by atoms with Gasteiger partial charge in [-0.2, -0.15) is 0 Å². The number of nitrogens with one attached hydrogen (secondary N) is 1. The number of benzene rings is 1. The number of nitrogens with zero attached hydrogens (tertiary/aromatic N) is 3. The van der Waals surface area contributed by atoms with Crippen LogP contribution in [0.4, 0.5) is 5.13 Å². The molecule has 7 nitrogen and oxygen atoms in total. The Bertz CT molecular complexity index is 937. The van der Waals surface area contributed by atoms with Gasteiger partial charge in [0.15, 0.2) is 5.13 Å². The summed E-state index contributed by atoms with van der Waals surface area (Å²) in [7, 11) is 0. The predicted molar refractivity (Wildman–Crippen MR) is 122 cm³/mol. The molecule has 1 unspecified atom stereocenters. The monoisotopic (exact) mass is 442 g/mol. The highest BCUT2D eigenvalue weighted by Gasteiger charge is 2.29. The van der Waals surface area contributed by atoms with Crippen LogP contribution in [0.15, 0.2) is 24.3 Å². The van der Waals surface area contributed by atoms with Crippen LogP contribution in [0.3, 0.4) is 0 Å². The Morgan fingerprint density at radius 2 is 2.06 bits per heavy atom. The molecule has 0 saturated carbocycles. The van der Waals surface area contributed by atoms with Crippen LogP contribution in [0.25, 0.3) is 0 Å². The first-order valence-corrected chi connectivity index (χ1v) is 11.8. The Morgan fingerprint density at radius 3 is 2.81 bits per heavy atom. The van der Waals surface area contributed by atoms with Gasteiger partial charge in [-0.3, -0.25) is 9.59 Å².